The molecule has 4 atom stereocenters. The van der Waals surface area contributed by atoms with Crippen LogP contribution < -0.4 is 15.2 Å². The lowest BCUT2D eigenvalue weighted by molar-refractivity contribution is 0.0322. The first kappa shape index (κ1) is 17.4. The zero-order chi connectivity index (χ0) is 18.3. The van der Waals surface area contributed by atoms with Crippen molar-refractivity contribution >= 4 is 0 Å². The first-order valence-electron chi connectivity index (χ1n) is 9.35. The molecule has 6 nitrogen and oxygen atoms in total. The lowest BCUT2D eigenvalue weighted by atomic mass is 9.74. The highest BCUT2D eigenvalue weighted by atomic mass is 16.5. The van der Waals surface area contributed by atoms with E-state index in [2.05, 4.69) is 22.7 Å². The summed E-state index contributed by atoms with van der Waals surface area (Å²) in [5, 5.41) is 4.79. The fourth-order valence-electron chi connectivity index (χ4n) is 4.68. The number of piperidine rings is 3. The maximum absolute atomic E-state index is 5.95. The largest absolute Gasteiger partial charge is 0.493 e. The highest BCUT2D eigenvalue weighted by Gasteiger charge is 2.41. The van der Waals surface area contributed by atoms with Gasteiger partial charge in [0.25, 0.3) is 0 Å². The van der Waals surface area contributed by atoms with Crippen molar-refractivity contribution < 1.29 is 9.47 Å². The summed E-state index contributed by atoms with van der Waals surface area (Å²) in [6, 6.07) is 8.76. The van der Waals surface area contributed by atoms with Crippen LogP contribution in [-0.4, -0.2) is 54.6 Å². The van der Waals surface area contributed by atoms with Gasteiger partial charge in [-0.05, 0) is 49.6 Å². The van der Waals surface area contributed by atoms with Gasteiger partial charge >= 0.3 is 0 Å². The highest BCUT2D eigenvalue weighted by Crippen LogP contribution is 2.42. The van der Waals surface area contributed by atoms with Crippen LogP contribution in [0.15, 0.2) is 24.3 Å². The summed E-state index contributed by atoms with van der Waals surface area (Å²) in [5.41, 5.74) is 9.30. The van der Waals surface area contributed by atoms with Gasteiger partial charge < -0.3 is 15.2 Å². The Morgan fingerprint density at radius 1 is 1.19 bits per heavy atom. The molecular formula is C20H28N4O2. The van der Waals surface area contributed by atoms with Crippen molar-refractivity contribution in [3.05, 3.63) is 30.0 Å². The van der Waals surface area contributed by atoms with Crippen LogP contribution in [0.25, 0.3) is 11.3 Å². The number of methoxy groups -OCH3 is 2. The van der Waals surface area contributed by atoms with E-state index in [0.29, 0.717) is 17.9 Å². The molecule has 0 aliphatic carbocycles. The van der Waals surface area contributed by atoms with Crippen molar-refractivity contribution in [2.75, 3.05) is 33.9 Å². The van der Waals surface area contributed by atoms with Crippen molar-refractivity contribution in [2.24, 2.45) is 18.7 Å². The van der Waals surface area contributed by atoms with Crippen LogP contribution in [0.2, 0.25) is 0 Å². The number of benzene rings is 1. The Labute approximate surface area is 154 Å². The van der Waals surface area contributed by atoms with Gasteiger partial charge in [-0.2, -0.15) is 5.10 Å². The van der Waals surface area contributed by atoms with Crippen LogP contribution in [0.3, 0.4) is 0 Å². The molecule has 0 amide bonds. The minimum atomic E-state index is 0.540. The molecule has 140 valence electrons. The van der Waals surface area contributed by atoms with Crippen molar-refractivity contribution in [3.8, 4) is 22.8 Å². The Balaban J connectivity index is 1.63. The highest BCUT2D eigenvalue weighted by molar-refractivity contribution is 5.64. The molecule has 3 saturated heterocycles. The molecule has 5 rings (SSSR count). The van der Waals surface area contributed by atoms with Gasteiger partial charge in [0, 0.05) is 43.4 Å². The van der Waals surface area contributed by atoms with Crippen molar-refractivity contribution in [1.82, 2.24) is 14.7 Å². The topological polar surface area (TPSA) is 65.5 Å². The van der Waals surface area contributed by atoms with Gasteiger partial charge in [0.15, 0.2) is 11.5 Å². The molecule has 26 heavy (non-hydrogen) atoms. The lowest BCUT2D eigenvalue weighted by Crippen LogP contribution is -2.55. The summed E-state index contributed by atoms with van der Waals surface area (Å²) in [5.74, 6) is 2.71. The summed E-state index contributed by atoms with van der Waals surface area (Å²) in [7, 11) is 5.36. The summed E-state index contributed by atoms with van der Waals surface area (Å²) in [4.78, 5) is 2.56. The van der Waals surface area contributed by atoms with Gasteiger partial charge in [0.05, 0.1) is 19.9 Å². The molecule has 0 saturated carbocycles. The number of hydrogen-bond donors (Lipinski definition) is 1. The Hall–Kier alpha value is -2.05. The zero-order valence-electron chi connectivity index (χ0n) is 15.8. The monoisotopic (exact) mass is 356 g/mol. The van der Waals surface area contributed by atoms with Crippen LogP contribution in [0.1, 0.15) is 24.5 Å². The van der Waals surface area contributed by atoms with Crippen molar-refractivity contribution in [2.45, 2.75) is 24.8 Å². The predicted molar refractivity (Wildman–Crippen MR) is 102 cm³/mol. The second-order valence-electron chi connectivity index (χ2n) is 7.42. The third-order valence-electron chi connectivity index (χ3n) is 6.13. The molecule has 2 N–H and O–H groups in total. The van der Waals surface area contributed by atoms with Crippen molar-refractivity contribution in [1.29, 1.82) is 0 Å². The average molecular weight is 356 g/mol. The molecule has 0 spiro atoms. The number of hydrogen-bond acceptors (Lipinski definition) is 5. The smallest absolute Gasteiger partial charge is 0.161 e. The summed E-state index contributed by atoms with van der Waals surface area (Å²) < 4.78 is 12.8. The van der Waals surface area contributed by atoms with Gasteiger partial charge in [-0.3, -0.25) is 9.58 Å². The molecule has 3 aliphatic heterocycles. The Bertz CT molecular complexity index is 788. The predicted octanol–water partition coefficient (Wildman–Crippen LogP) is 2.24. The third kappa shape index (κ3) is 2.87. The van der Waals surface area contributed by atoms with E-state index in [9.17, 15) is 0 Å². The second kappa shape index (κ2) is 6.93. The van der Waals surface area contributed by atoms with Gasteiger partial charge in [0.1, 0.15) is 0 Å². The van der Waals surface area contributed by atoms with Crippen LogP contribution in [0.5, 0.6) is 11.5 Å². The van der Waals surface area contributed by atoms with Gasteiger partial charge in [-0.1, -0.05) is 0 Å². The number of aryl methyl sites for hydroxylation is 1. The quantitative estimate of drug-likeness (QED) is 0.890. The maximum Gasteiger partial charge on any atom is 0.161 e. The summed E-state index contributed by atoms with van der Waals surface area (Å²) in [6.45, 7) is 3.05. The number of nitrogens with zero attached hydrogens (tertiary/aromatic N) is 3. The number of ether oxygens (including phenoxy) is 2. The summed E-state index contributed by atoms with van der Waals surface area (Å²) >= 11 is 0. The lowest BCUT2D eigenvalue weighted by Gasteiger charge is -2.49. The summed E-state index contributed by atoms with van der Waals surface area (Å²) in [6.07, 6.45) is 2.47. The van der Waals surface area contributed by atoms with E-state index in [1.54, 1.807) is 14.2 Å². The molecule has 3 aliphatic rings. The molecule has 6 heteroatoms. The Kier molecular flexibility index (Phi) is 4.63. The first-order valence-corrected chi connectivity index (χ1v) is 9.35. The molecule has 2 bridgehead atoms. The SMILES string of the molecule is COc1ccc(-c2cc([C@@H]3CN4CC[C@H]3C[C@@H]4CN)n(C)n2)cc1OC. The fraction of sp³-hybridized carbons (Fsp3) is 0.550. The Morgan fingerprint density at radius 3 is 2.65 bits per heavy atom. The molecular weight excluding hydrogens is 328 g/mol. The Morgan fingerprint density at radius 2 is 2.00 bits per heavy atom. The van der Waals surface area contributed by atoms with Crippen molar-refractivity contribution in [3.63, 3.8) is 0 Å². The minimum Gasteiger partial charge on any atom is -0.493 e. The van der Waals surface area contributed by atoms with Crippen LogP contribution in [0.4, 0.5) is 0 Å². The molecule has 0 radical (unpaired) electrons. The van der Waals surface area contributed by atoms with Crippen LogP contribution >= 0.6 is 0 Å². The first-order chi connectivity index (χ1) is 12.6. The molecule has 1 unspecified atom stereocenters. The maximum atomic E-state index is 5.95. The van der Waals surface area contributed by atoms with E-state index in [1.807, 2.05) is 18.2 Å². The molecule has 2 aromatic rings. The normalized spacial score (nSPS) is 27.5. The van der Waals surface area contributed by atoms with E-state index < -0.39 is 0 Å². The van der Waals surface area contributed by atoms with E-state index in [1.165, 1.54) is 25.1 Å². The second-order valence-corrected chi connectivity index (χ2v) is 7.42. The standard InChI is InChI=1S/C20H28N4O2/c1-23-18(16-12-24-7-6-13(16)8-15(24)11-21)10-17(22-23)14-4-5-19(25-2)20(9-14)26-3/h4-5,9-10,13,15-16H,6-8,11-12,21H2,1-3H3/t13-,15+,16+/m0/s1. The van der Waals surface area contributed by atoms with E-state index in [0.717, 1.165) is 35.8 Å². The van der Waals surface area contributed by atoms with E-state index in [-0.39, 0.29) is 0 Å². The number of nitrogens with two attached hydrogens (primary N) is 1. The van der Waals surface area contributed by atoms with E-state index in [4.69, 9.17) is 20.3 Å². The zero-order valence-corrected chi connectivity index (χ0v) is 15.8. The molecule has 1 aromatic heterocycles. The third-order valence-corrected chi connectivity index (χ3v) is 6.13. The fourth-order valence-corrected chi connectivity index (χ4v) is 4.68. The van der Waals surface area contributed by atoms with Crippen LogP contribution in [0, 0.1) is 5.92 Å². The van der Waals surface area contributed by atoms with Gasteiger partial charge in [-0.25, -0.2) is 0 Å². The number of aromatic nitrogens is 2. The minimum absolute atomic E-state index is 0.540. The molecule has 3 fully saturated rings. The van der Waals surface area contributed by atoms with Crippen LogP contribution in [-0.2, 0) is 7.05 Å². The van der Waals surface area contributed by atoms with E-state index >= 15 is 0 Å². The average Bonchev–Trinajstić information content (AvgIpc) is 3.09. The molecule has 1 aromatic carbocycles. The number of fused-ring (bicyclic) bond motifs is 3. The van der Waals surface area contributed by atoms with Gasteiger partial charge in [-0.15, -0.1) is 0 Å². The number of rotatable bonds is 5. The molecule has 4 heterocycles. The van der Waals surface area contributed by atoms with Gasteiger partial charge in [0.2, 0.25) is 0 Å².